The highest BCUT2D eigenvalue weighted by molar-refractivity contribution is 7.98. The molecule has 0 aliphatic heterocycles. The summed E-state index contributed by atoms with van der Waals surface area (Å²) >= 11 is 1.57. The van der Waals surface area contributed by atoms with Crippen molar-refractivity contribution >= 4 is 27.5 Å². The molecule has 0 aliphatic carbocycles. The van der Waals surface area contributed by atoms with Crippen molar-refractivity contribution in [3.8, 4) is 0 Å². The van der Waals surface area contributed by atoms with Crippen LogP contribution < -0.4 is 4.72 Å². The van der Waals surface area contributed by atoms with Crippen LogP contribution in [0.1, 0.15) is 5.69 Å². The van der Waals surface area contributed by atoms with Gasteiger partial charge in [-0.3, -0.25) is 9.71 Å². The van der Waals surface area contributed by atoms with Crippen molar-refractivity contribution in [3.05, 3.63) is 48.3 Å². The molecule has 1 aromatic heterocycles. The molecule has 0 aliphatic rings. The number of benzene rings is 1. The van der Waals surface area contributed by atoms with E-state index < -0.39 is 10.0 Å². The van der Waals surface area contributed by atoms with Gasteiger partial charge in [0.15, 0.2) is 0 Å². The lowest BCUT2D eigenvalue weighted by molar-refractivity contribution is 0.601. The zero-order valence-corrected chi connectivity index (χ0v) is 12.3. The lowest BCUT2D eigenvalue weighted by Crippen LogP contribution is -2.13. The SMILES string of the molecule is CSc1ccc(S(=O)(=O)Nc2ccnc(C)c2)cc1. The molecule has 1 heterocycles. The largest absolute Gasteiger partial charge is 0.280 e. The van der Waals surface area contributed by atoms with Crippen molar-refractivity contribution in [2.24, 2.45) is 0 Å². The van der Waals surface area contributed by atoms with Crippen molar-refractivity contribution in [1.29, 1.82) is 0 Å². The average molecular weight is 294 g/mol. The second kappa shape index (κ2) is 5.63. The number of thioether (sulfide) groups is 1. The van der Waals surface area contributed by atoms with Crippen LogP contribution in [0.4, 0.5) is 5.69 Å². The van der Waals surface area contributed by atoms with Crippen LogP contribution in [0.2, 0.25) is 0 Å². The predicted octanol–water partition coefficient (Wildman–Crippen LogP) is 2.91. The number of aromatic nitrogens is 1. The molecule has 1 N–H and O–H groups in total. The highest BCUT2D eigenvalue weighted by Crippen LogP contribution is 2.20. The first-order valence-electron chi connectivity index (χ1n) is 5.61. The fourth-order valence-electron chi connectivity index (χ4n) is 1.58. The third kappa shape index (κ3) is 3.48. The topological polar surface area (TPSA) is 59.1 Å². The molecule has 0 atom stereocenters. The standard InChI is InChI=1S/C13H14N2O2S2/c1-10-9-11(7-8-14-10)15-19(16,17)13-5-3-12(18-2)4-6-13/h3-9H,1-2H3,(H,14,15). The van der Waals surface area contributed by atoms with Crippen molar-refractivity contribution in [1.82, 2.24) is 4.98 Å². The Morgan fingerprint density at radius 2 is 1.84 bits per heavy atom. The van der Waals surface area contributed by atoms with Gasteiger partial charge in [0.05, 0.1) is 10.6 Å². The minimum atomic E-state index is -3.54. The summed E-state index contributed by atoms with van der Waals surface area (Å²) in [6.45, 7) is 1.81. The fraction of sp³-hybridized carbons (Fsp3) is 0.154. The fourth-order valence-corrected chi connectivity index (χ4v) is 3.04. The highest BCUT2D eigenvalue weighted by atomic mass is 32.2. The van der Waals surface area contributed by atoms with Crippen LogP contribution in [0.5, 0.6) is 0 Å². The van der Waals surface area contributed by atoms with E-state index in [1.54, 1.807) is 54.4 Å². The molecule has 0 saturated carbocycles. The third-order valence-electron chi connectivity index (χ3n) is 2.52. The highest BCUT2D eigenvalue weighted by Gasteiger charge is 2.13. The van der Waals surface area contributed by atoms with Crippen LogP contribution >= 0.6 is 11.8 Å². The Labute approximate surface area is 117 Å². The van der Waals surface area contributed by atoms with Gasteiger partial charge in [0.1, 0.15) is 0 Å². The van der Waals surface area contributed by atoms with Crippen LogP contribution in [0.25, 0.3) is 0 Å². The summed E-state index contributed by atoms with van der Waals surface area (Å²) in [5, 5.41) is 0. The normalized spacial score (nSPS) is 11.3. The number of hydrogen-bond acceptors (Lipinski definition) is 4. The lowest BCUT2D eigenvalue weighted by Gasteiger charge is -2.08. The van der Waals surface area contributed by atoms with Crippen LogP contribution in [-0.4, -0.2) is 19.7 Å². The van der Waals surface area contributed by atoms with Crippen LogP contribution in [0.15, 0.2) is 52.4 Å². The number of sulfonamides is 1. The molecule has 100 valence electrons. The molecule has 6 heteroatoms. The summed E-state index contributed by atoms with van der Waals surface area (Å²) in [6, 6.07) is 10.1. The Bertz CT molecular complexity index is 667. The van der Waals surface area contributed by atoms with E-state index in [9.17, 15) is 8.42 Å². The van der Waals surface area contributed by atoms with Gasteiger partial charge in [0.25, 0.3) is 10.0 Å². The van der Waals surface area contributed by atoms with E-state index in [1.165, 1.54) is 0 Å². The number of nitrogens with one attached hydrogen (secondary N) is 1. The maximum atomic E-state index is 12.2. The number of pyridine rings is 1. The second-order valence-corrected chi connectivity index (χ2v) is 6.53. The molecule has 2 aromatic rings. The van der Waals surface area contributed by atoms with Crippen LogP contribution in [0.3, 0.4) is 0 Å². The average Bonchev–Trinajstić information content (AvgIpc) is 2.38. The van der Waals surface area contributed by atoms with Gasteiger partial charge in [-0.25, -0.2) is 8.42 Å². The molecule has 0 radical (unpaired) electrons. The molecule has 0 fully saturated rings. The maximum Gasteiger partial charge on any atom is 0.261 e. The minimum Gasteiger partial charge on any atom is -0.280 e. The van der Waals surface area contributed by atoms with E-state index in [1.807, 2.05) is 13.2 Å². The van der Waals surface area contributed by atoms with E-state index >= 15 is 0 Å². The second-order valence-electron chi connectivity index (χ2n) is 3.97. The number of anilines is 1. The molecule has 0 amide bonds. The zero-order chi connectivity index (χ0) is 13.9. The van der Waals surface area contributed by atoms with Crippen LogP contribution in [0, 0.1) is 6.92 Å². The van der Waals surface area contributed by atoms with Gasteiger partial charge in [0, 0.05) is 16.8 Å². The first-order chi connectivity index (χ1) is 9.01. The quantitative estimate of drug-likeness (QED) is 0.881. The van der Waals surface area contributed by atoms with E-state index in [0.29, 0.717) is 5.69 Å². The zero-order valence-electron chi connectivity index (χ0n) is 10.6. The summed E-state index contributed by atoms with van der Waals surface area (Å²) < 4.78 is 26.9. The van der Waals surface area contributed by atoms with Crippen molar-refractivity contribution in [3.63, 3.8) is 0 Å². The molecule has 0 spiro atoms. The monoisotopic (exact) mass is 294 g/mol. The van der Waals surface area contributed by atoms with E-state index in [4.69, 9.17) is 0 Å². The Morgan fingerprint density at radius 3 is 2.42 bits per heavy atom. The van der Waals surface area contributed by atoms with Gasteiger partial charge in [-0.05, 0) is 49.6 Å². The van der Waals surface area contributed by atoms with Gasteiger partial charge in [-0.2, -0.15) is 0 Å². The summed E-state index contributed by atoms with van der Waals surface area (Å²) in [5.74, 6) is 0. The molecule has 2 rings (SSSR count). The first kappa shape index (κ1) is 13.9. The van der Waals surface area contributed by atoms with Crippen molar-refractivity contribution in [2.75, 3.05) is 11.0 Å². The summed E-state index contributed by atoms with van der Waals surface area (Å²) in [6.07, 6.45) is 3.52. The van der Waals surface area contributed by atoms with E-state index in [0.717, 1.165) is 10.6 Å². The van der Waals surface area contributed by atoms with Crippen molar-refractivity contribution in [2.45, 2.75) is 16.7 Å². The van der Waals surface area contributed by atoms with Gasteiger partial charge >= 0.3 is 0 Å². The predicted molar refractivity (Wildman–Crippen MR) is 78.0 cm³/mol. The first-order valence-corrected chi connectivity index (χ1v) is 8.31. The molecule has 0 bridgehead atoms. The van der Waals surface area contributed by atoms with Gasteiger partial charge in [-0.1, -0.05) is 0 Å². The molecule has 19 heavy (non-hydrogen) atoms. The summed E-state index contributed by atoms with van der Waals surface area (Å²) in [7, 11) is -3.54. The molecule has 1 aromatic carbocycles. The van der Waals surface area contributed by atoms with Crippen LogP contribution in [-0.2, 0) is 10.0 Å². The van der Waals surface area contributed by atoms with E-state index in [-0.39, 0.29) is 4.90 Å². The Balaban J connectivity index is 2.27. The Kier molecular flexibility index (Phi) is 4.11. The minimum absolute atomic E-state index is 0.250. The summed E-state index contributed by atoms with van der Waals surface area (Å²) in [5.41, 5.74) is 1.28. The smallest absolute Gasteiger partial charge is 0.261 e. The number of rotatable bonds is 4. The Morgan fingerprint density at radius 1 is 1.16 bits per heavy atom. The number of aryl methyl sites for hydroxylation is 1. The van der Waals surface area contributed by atoms with Crippen molar-refractivity contribution < 1.29 is 8.42 Å². The van der Waals surface area contributed by atoms with E-state index in [2.05, 4.69) is 9.71 Å². The van der Waals surface area contributed by atoms with Gasteiger partial charge in [-0.15, -0.1) is 11.8 Å². The molecular weight excluding hydrogens is 280 g/mol. The molecule has 0 saturated heterocycles. The number of hydrogen-bond donors (Lipinski definition) is 1. The van der Waals surface area contributed by atoms with Gasteiger partial charge in [0.2, 0.25) is 0 Å². The maximum absolute atomic E-state index is 12.2. The van der Waals surface area contributed by atoms with Gasteiger partial charge < -0.3 is 0 Å². The third-order valence-corrected chi connectivity index (χ3v) is 4.66. The molecule has 4 nitrogen and oxygen atoms in total. The number of nitrogens with zero attached hydrogens (tertiary/aromatic N) is 1. The lowest BCUT2D eigenvalue weighted by atomic mass is 10.3. The molecular formula is C13H14N2O2S2. The summed E-state index contributed by atoms with van der Waals surface area (Å²) in [4.78, 5) is 5.30. The Hall–Kier alpha value is -1.53. The molecule has 0 unspecified atom stereocenters.